The van der Waals surface area contributed by atoms with Crippen LogP contribution in [-0.2, 0) is 0 Å². The molecule has 0 amide bonds. The minimum absolute atomic E-state index is 0.500. The van der Waals surface area contributed by atoms with Crippen molar-refractivity contribution in [2.45, 2.75) is 89.9 Å². The molecule has 0 bridgehead atoms. The number of hydrogen-bond acceptors (Lipinski definition) is 3. The Labute approximate surface area is 119 Å². The van der Waals surface area contributed by atoms with Crippen LogP contribution in [0.2, 0.25) is 0 Å². The number of rotatable bonds is 13. The Morgan fingerprint density at radius 3 is 2.17 bits per heavy atom. The van der Waals surface area contributed by atoms with E-state index >= 15 is 0 Å². The summed E-state index contributed by atoms with van der Waals surface area (Å²) in [6.45, 7) is 6.82. The topological polar surface area (TPSA) is 38.0 Å². The molecule has 2 atom stereocenters. The monoisotopic (exact) mass is 274 g/mol. The van der Waals surface area contributed by atoms with Crippen LogP contribution in [0, 0.1) is 0 Å². The van der Waals surface area contributed by atoms with E-state index in [0.29, 0.717) is 6.04 Å². The Bertz CT molecular complexity index is 165. The van der Waals surface area contributed by atoms with E-state index in [1.54, 1.807) is 0 Å². The SMILES string of the molecule is CCCCCCCCCC(CSC(C)CC)NN. The zero-order valence-corrected chi connectivity index (χ0v) is 13.5. The Morgan fingerprint density at radius 1 is 1.00 bits per heavy atom. The molecule has 0 aromatic carbocycles. The first-order chi connectivity index (χ1) is 8.74. The smallest absolute Gasteiger partial charge is 0.0301 e. The third-order valence-electron chi connectivity index (χ3n) is 3.55. The molecule has 0 aliphatic heterocycles. The average molecular weight is 275 g/mol. The molecule has 0 saturated carbocycles. The molecule has 0 aliphatic rings. The van der Waals surface area contributed by atoms with Crippen LogP contribution in [0.4, 0.5) is 0 Å². The van der Waals surface area contributed by atoms with Gasteiger partial charge in [0.25, 0.3) is 0 Å². The largest absolute Gasteiger partial charge is 0.271 e. The molecule has 2 nitrogen and oxygen atoms in total. The predicted molar refractivity (Wildman–Crippen MR) is 85.9 cm³/mol. The highest BCUT2D eigenvalue weighted by atomic mass is 32.2. The molecule has 0 rings (SSSR count). The lowest BCUT2D eigenvalue weighted by Gasteiger charge is -2.17. The third kappa shape index (κ3) is 11.4. The van der Waals surface area contributed by atoms with Crippen LogP contribution in [0.15, 0.2) is 0 Å². The van der Waals surface area contributed by atoms with Crippen molar-refractivity contribution in [3.63, 3.8) is 0 Å². The number of hydrogen-bond donors (Lipinski definition) is 2. The summed E-state index contributed by atoms with van der Waals surface area (Å²) >= 11 is 2.04. The van der Waals surface area contributed by atoms with E-state index < -0.39 is 0 Å². The minimum atomic E-state index is 0.500. The van der Waals surface area contributed by atoms with Crippen molar-refractivity contribution in [3.8, 4) is 0 Å². The zero-order valence-electron chi connectivity index (χ0n) is 12.7. The predicted octanol–water partition coefficient (Wildman–Crippen LogP) is 4.49. The van der Waals surface area contributed by atoms with Crippen LogP contribution in [-0.4, -0.2) is 17.0 Å². The highest BCUT2D eigenvalue weighted by Crippen LogP contribution is 2.17. The van der Waals surface area contributed by atoms with Crippen molar-refractivity contribution in [1.29, 1.82) is 0 Å². The Kier molecular flexibility index (Phi) is 13.9. The number of nitrogens with two attached hydrogens (primary N) is 1. The van der Waals surface area contributed by atoms with Crippen LogP contribution in [0.5, 0.6) is 0 Å². The lowest BCUT2D eigenvalue weighted by atomic mass is 10.1. The summed E-state index contributed by atoms with van der Waals surface area (Å²) in [5, 5.41) is 0.759. The van der Waals surface area contributed by atoms with Gasteiger partial charge in [0.15, 0.2) is 0 Å². The number of thioether (sulfide) groups is 1. The van der Waals surface area contributed by atoms with Crippen molar-refractivity contribution in [2.75, 3.05) is 5.75 Å². The third-order valence-corrected chi connectivity index (χ3v) is 5.05. The highest BCUT2D eigenvalue weighted by Gasteiger charge is 2.08. The fraction of sp³-hybridized carbons (Fsp3) is 1.00. The van der Waals surface area contributed by atoms with Crippen molar-refractivity contribution >= 4 is 11.8 Å². The van der Waals surface area contributed by atoms with Gasteiger partial charge in [0, 0.05) is 17.0 Å². The van der Waals surface area contributed by atoms with Gasteiger partial charge >= 0.3 is 0 Å². The molecule has 110 valence electrons. The molecule has 0 heterocycles. The first-order valence-corrected chi connectivity index (χ1v) is 8.87. The summed E-state index contributed by atoms with van der Waals surface area (Å²) in [5.41, 5.74) is 2.97. The van der Waals surface area contributed by atoms with E-state index in [2.05, 4.69) is 26.2 Å². The summed E-state index contributed by atoms with van der Waals surface area (Å²) in [6.07, 6.45) is 12.1. The molecule has 0 radical (unpaired) electrons. The first kappa shape index (κ1) is 18.3. The molecular weight excluding hydrogens is 240 g/mol. The highest BCUT2D eigenvalue weighted by molar-refractivity contribution is 7.99. The quantitative estimate of drug-likeness (QED) is 0.295. The van der Waals surface area contributed by atoms with Gasteiger partial charge in [0.05, 0.1) is 0 Å². The second kappa shape index (κ2) is 13.7. The molecule has 0 aromatic heterocycles. The standard InChI is InChI=1S/C15H34N2S/c1-4-6-7-8-9-10-11-12-15(17-16)13-18-14(3)5-2/h14-15,17H,4-13,16H2,1-3H3. The van der Waals surface area contributed by atoms with Crippen molar-refractivity contribution < 1.29 is 0 Å². The van der Waals surface area contributed by atoms with Crippen molar-refractivity contribution in [1.82, 2.24) is 5.43 Å². The summed E-state index contributed by atoms with van der Waals surface area (Å²) in [7, 11) is 0. The van der Waals surface area contributed by atoms with Gasteiger partial charge in [-0.05, 0) is 12.8 Å². The maximum Gasteiger partial charge on any atom is 0.0301 e. The molecule has 0 aliphatic carbocycles. The molecule has 3 N–H and O–H groups in total. The van der Waals surface area contributed by atoms with Crippen molar-refractivity contribution in [2.24, 2.45) is 5.84 Å². The number of hydrazine groups is 1. The van der Waals surface area contributed by atoms with Crippen LogP contribution in [0.1, 0.15) is 78.6 Å². The van der Waals surface area contributed by atoms with Gasteiger partial charge in [-0.15, -0.1) is 0 Å². The summed E-state index contributed by atoms with van der Waals surface area (Å²) < 4.78 is 0. The van der Waals surface area contributed by atoms with Crippen LogP contribution >= 0.6 is 11.8 Å². The van der Waals surface area contributed by atoms with E-state index in [1.807, 2.05) is 11.8 Å². The fourth-order valence-corrected chi connectivity index (χ4v) is 3.02. The first-order valence-electron chi connectivity index (χ1n) is 7.82. The second-order valence-electron chi connectivity index (χ2n) is 5.33. The van der Waals surface area contributed by atoms with E-state index in [4.69, 9.17) is 5.84 Å². The lowest BCUT2D eigenvalue weighted by Crippen LogP contribution is -2.37. The fourth-order valence-electron chi connectivity index (χ4n) is 1.96. The molecule has 0 saturated heterocycles. The average Bonchev–Trinajstić information content (AvgIpc) is 2.40. The van der Waals surface area contributed by atoms with Gasteiger partial charge in [0.2, 0.25) is 0 Å². The summed E-state index contributed by atoms with van der Waals surface area (Å²) in [6, 6.07) is 0.500. The van der Waals surface area contributed by atoms with Gasteiger partial charge in [-0.2, -0.15) is 11.8 Å². The molecule has 0 fully saturated rings. The molecule has 18 heavy (non-hydrogen) atoms. The van der Waals surface area contributed by atoms with Crippen molar-refractivity contribution in [3.05, 3.63) is 0 Å². The molecular formula is C15H34N2S. The summed E-state index contributed by atoms with van der Waals surface area (Å²) in [5.74, 6) is 6.77. The van der Waals surface area contributed by atoms with E-state index in [0.717, 1.165) is 11.0 Å². The molecule has 0 spiro atoms. The number of unbranched alkanes of at least 4 members (excludes halogenated alkanes) is 6. The van der Waals surface area contributed by atoms with Gasteiger partial charge < -0.3 is 0 Å². The maximum atomic E-state index is 5.62. The van der Waals surface area contributed by atoms with Gasteiger partial charge in [0.1, 0.15) is 0 Å². The molecule has 3 heteroatoms. The van der Waals surface area contributed by atoms with Crippen LogP contribution in [0.25, 0.3) is 0 Å². The Balaban J connectivity index is 3.38. The van der Waals surface area contributed by atoms with E-state index in [9.17, 15) is 0 Å². The van der Waals surface area contributed by atoms with E-state index in [-0.39, 0.29) is 0 Å². The van der Waals surface area contributed by atoms with Gasteiger partial charge in [-0.25, -0.2) is 0 Å². The Morgan fingerprint density at radius 2 is 1.61 bits per heavy atom. The lowest BCUT2D eigenvalue weighted by molar-refractivity contribution is 0.492. The van der Waals surface area contributed by atoms with Crippen LogP contribution < -0.4 is 11.3 Å². The summed E-state index contributed by atoms with van der Waals surface area (Å²) in [4.78, 5) is 0. The minimum Gasteiger partial charge on any atom is -0.271 e. The van der Waals surface area contributed by atoms with Crippen LogP contribution in [0.3, 0.4) is 0 Å². The Hall–Kier alpha value is 0.270. The number of nitrogens with one attached hydrogen (secondary N) is 1. The molecule has 0 aromatic rings. The van der Waals surface area contributed by atoms with E-state index in [1.165, 1.54) is 57.8 Å². The van der Waals surface area contributed by atoms with Gasteiger partial charge in [-0.3, -0.25) is 11.3 Å². The second-order valence-corrected chi connectivity index (χ2v) is 6.80. The normalized spacial score (nSPS) is 14.7. The molecule has 2 unspecified atom stereocenters. The maximum absolute atomic E-state index is 5.62. The van der Waals surface area contributed by atoms with Gasteiger partial charge in [-0.1, -0.05) is 65.7 Å². The zero-order chi connectivity index (χ0) is 13.6.